The molecule has 0 heterocycles. The lowest BCUT2D eigenvalue weighted by Crippen LogP contribution is -2.51. The average molecular weight is 585 g/mol. The maximum atomic E-state index is 13.7. The van der Waals surface area contributed by atoms with Crippen molar-refractivity contribution in [3.63, 3.8) is 0 Å². The maximum absolute atomic E-state index is 13.7. The van der Waals surface area contributed by atoms with E-state index in [1.54, 1.807) is 6.92 Å². The molecule has 3 N–H and O–H groups in total. The van der Waals surface area contributed by atoms with Crippen molar-refractivity contribution in [2.24, 2.45) is 11.8 Å². The van der Waals surface area contributed by atoms with Crippen LogP contribution in [0.5, 0.6) is 0 Å². The molecule has 2 aliphatic rings. The molecular weight excluding hydrogens is 554 g/mol. The number of carbonyl (C=O) groups excluding carboxylic acids is 2. The van der Waals surface area contributed by atoms with Crippen molar-refractivity contribution < 1.29 is 36.6 Å². The van der Waals surface area contributed by atoms with Gasteiger partial charge >= 0.3 is 0 Å². The van der Waals surface area contributed by atoms with Gasteiger partial charge in [0.15, 0.2) is 21.5 Å². The Morgan fingerprint density at radius 3 is 2.41 bits per heavy atom. The summed E-state index contributed by atoms with van der Waals surface area (Å²) in [5.41, 5.74) is -1.33. The summed E-state index contributed by atoms with van der Waals surface area (Å²) >= 11 is 6.27. The summed E-state index contributed by atoms with van der Waals surface area (Å²) in [5.74, 6) is -4.02. The number of amides is 2. The zero-order valence-corrected chi connectivity index (χ0v) is 23.1. The number of hydrogen-bond donors (Lipinski definition) is 3. The minimum Gasteiger partial charge on any atom is -0.389 e. The Balaban J connectivity index is 1.50. The Hall–Kier alpha value is -2.60. The molecule has 2 saturated carbocycles. The van der Waals surface area contributed by atoms with Crippen LogP contribution in [-0.4, -0.2) is 55.9 Å². The number of hydrogen-bond acceptors (Lipinski definition) is 6. The smallest absolute Gasteiger partial charge is 0.255 e. The molecule has 12 heteroatoms. The minimum atomic E-state index is -4.01. The van der Waals surface area contributed by atoms with Crippen LogP contribution in [0.15, 0.2) is 41.3 Å². The number of methoxy groups -OCH3 is 1. The fourth-order valence-electron chi connectivity index (χ4n) is 5.63. The van der Waals surface area contributed by atoms with Gasteiger partial charge in [-0.15, -0.1) is 0 Å². The van der Waals surface area contributed by atoms with Crippen molar-refractivity contribution in [3.05, 3.63) is 58.6 Å². The molecule has 2 fully saturated rings. The summed E-state index contributed by atoms with van der Waals surface area (Å²) in [7, 11) is -2.48. The second-order valence-corrected chi connectivity index (χ2v) is 13.0. The van der Waals surface area contributed by atoms with E-state index in [1.807, 2.05) is 0 Å². The van der Waals surface area contributed by atoms with Crippen LogP contribution in [0, 0.1) is 23.5 Å². The number of fused-ring (bicyclic) bond motifs is 2. The molecule has 39 heavy (non-hydrogen) atoms. The van der Waals surface area contributed by atoms with Gasteiger partial charge in [-0.1, -0.05) is 11.6 Å². The fourth-order valence-corrected chi connectivity index (χ4v) is 8.03. The first-order valence-corrected chi connectivity index (χ1v) is 14.6. The number of ether oxygens (including phenoxy) is 1. The molecule has 4 rings (SSSR count). The van der Waals surface area contributed by atoms with Gasteiger partial charge in [0.05, 0.1) is 33.3 Å². The first kappa shape index (κ1) is 29.4. The highest BCUT2D eigenvalue weighted by atomic mass is 35.5. The number of benzene rings is 2. The van der Waals surface area contributed by atoms with E-state index in [1.165, 1.54) is 31.4 Å². The normalized spacial score (nSPS) is 25.2. The summed E-state index contributed by atoms with van der Waals surface area (Å²) < 4.78 is 59.3. The van der Waals surface area contributed by atoms with Gasteiger partial charge in [-0.05, 0) is 74.8 Å². The third-order valence-corrected chi connectivity index (χ3v) is 10.6. The molecule has 212 valence electrons. The Labute approximate surface area is 231 Å². The molecule has 2 amide bonds. The summed E-state index contributed by atoms with van der Waals surface area (Å²) in [5, 5.41) is 15.7. The average Bonchev–Trinajstić information content (AvgIpc) is 3.05. The lowest BCUT2D eigenvalue weighted by Gasteiger charge is -2.42. The van der Waals surface area contributed by atoms with E-state index in [0.717, 1.165) is 12.1 Å². The quantitative estimate of drug-likeness (QED) is 0.408. The number of rotatable bonds is 9. The van der Waals surface area contributed by atoms with Gasteiger partial charge in [0.25, 0.3) is 5.91 Å². The Morgan fingerprint density at radius 2 is 1.79 bits per heavy atom. The summed E-state index contributed by atoms with van der Waals surface area (Å²) in [6, 6.07) is 6.67. The molecule has 2 bridgehead atoms. The molecular formula is C27H31ClF2N2O6S. The van der Waals surface area contributed by atoms with Gasteiger partial charge in [-0.3, -0.25) is 9.59 Å². The van der Waals surface area contributed by atoms with E-state index in [4.69, 9.17) is 16.3 Å². The predicted octanol–water partition coefficient (Wildman–Crippen LogP) is 4.11. The van der Waals surface area contributed by atoms with Gasteiger partial charge in [-0.2, -0.15) is 0 Å². The minimum absolute atomic E-state index is 0.00196. The molecule has 0 aromatic heterocycles. The molecule has 0 aliphatic heterocycles. The third-order valence-electron chi connectivity index (χ3n) is 7.92. The Morgan fingerprint density at radius 1 is 1.13 bits per heavy atom. The van der Waals surface area contributed by atoms with Crippen molar-refractivity contribution in [1.82, 2.24) is 5.32 Å². The van der Waals surface area contributed by atoms with Crippen LogP contribution >= 0.6 is 11.6 Å². The highest BCUT2D eigenvalue weighted by Gasteiger charge is 2.56. The highest BCUT2D eigenvalue weighted by Crippen LogP contribution is 2.53. The molecule has 0 radical (unpaired) electrons. The SMILES string of the molecule is CO[C@@H](C)CNC(=O)C[C@]1(O)C2CCC1C[C@@H](S(=O)(=O)c1cc(C(=O)Nc3ccc(F)c(F)c3)ccc1Cl)C2. The van der Waals surface area contributed by atoms with Gasteiger partial charge in [-0.25, -0.2) is 17.2 Å². The largest absolute Gasteiger partial charge is 0.389 e. The van der Waals surface area contributed by atoms with E-state index >= 15 is 0 Å². The molecule has 2 aromatic rings. The van der Waals surface area contributed by atoms with Gasteiger partial charge in [0.2, 0.25) is 5.91 Å². The summed E-state index contributed by atoms with van der Waals surface area (Å²) in [6.45, 7) is 2.11. The van der Waals surface area contributed by atoms with E-state index in [9.17, 15) is 31.9 Å². The van der Waals surface area contributed by atoms with Crippen molar-refractivity contribution in [2.75, 3.05) is 19.0 Å². The van der Waals surface area contributed by atoms with E-state index in [2.05, 4.69) is 10.6 Å². The molecule has 0 saturated heterocycles. The number of halogens is 3. The van der Waals surface area contributed by atoms with Crippen molar-refractivity contribution >= 4 is 38.9 Å². The van der Waals surface area contributed by atoms with Crippen LogP contribution in [0.25, 0.3) is 0 Å². The van der Waals surface area contributed by atoms with Crippen molar-refractivity contribution in [2.45, 2.75) is 60.9 Å². The number of nitrogens with one attached hydrogen (secondary N) is 2. The van der Waals surface area contributed by atoms with Crippen LogP contribution in [0.3, 0.4) is 0 Å². The molecule has 3 atom stereocenters. The second kappa shape index (κ2) is 11.5. The number of anilines is 1. The van der Waals surface area contributed by atoms with Crippen LogP contribution < -0.4 is 10.6 Å². The topological polar surface area (TPSA) is 122 Å². The lowest BCUT2D eigenvalue weighted by molar-refractivity contribution is -0.133. The summed E-state index contributed by atoms with van der Waals surface area (Å²) in [4.78, 5) is 25.1. The van der Waals surface area contributed by atoms with Crippen LogP contribution in [0.4, 0.5) is 14.5 Å². The van der Waals surface area contributed by atoms with Crippen LogP contribution in [-0.2, 0) is 19.4 Å². The Bertz CT molecular complexity index is 1360. The van der Waals surface area contributed by atoms with Gasteiger partial charge < -0.3 is 20.5 Å². The fraction of sp³-hybridized carbons (Fsp3) is 0.481. The lowest BCUT2D eigenvalue weighted by atomic mass is 9.72. The molecule has 8 nitrogen and oxygen atoms in total. The molecule has 2 unspecified atom stereocenters. The zero-order chi connectivity index (χ0) is 28.5. The Kier molecular flexibility index (Phi) is 8.65. The monoisotopic (exact) mass is 584 g/mol. The second-order valence-electron chi connectivity index (χ2n) is 10.4. The number of sulfone groups is 1. The third kappa shape index (κ3) is 6.11. The zero-order valence-electron chi connectivity index (χ0n) is 21.5. The molecule has 2 aromatic carbocycles. The van der Waals surface area contributed by atoms with E-state index in [-0.39, 0.29) is 64.3 Å². The van der Waals surface area contributed by atoms with Crippen molar-refractivity contribution in [3.8, 4) is 0 Å². The molecule has 2 aliphatic carbocycles. The maximum Gasteiger partial charge on any atom is 0.255 e. The number of aliphatic hydroxyl groups is 1. The standard InChI is InChI=1S/C27H31ClF2N2O6S/c1-15(38-2)14-31-25(33)13-27(35)17-4-5-18(27)11-20(10-17)39(36,37)24-9-16(3-7-21(24)28)26(34)32-19-6-8-22(29)23(30)12-19/h3,6-9,12,15,17-18,20,35H,4-5,10-11,13-14H2,1-2H3,(H,31,33)(H,32,34)/t15-,17?,18?,20-,27-/m0/s1. The van der Waals surface area contributed by atoms with Crippen LogP contribution in [0.1, 0.15) is 49.4 Å². The van der Waals surface area contributed by atoms with E-state index in [0.29, 0.717) is 19.4 Å². The van der Waals surface area contributed by atoms with Crippen LogP contribution in [0.2, 0.25) is 5.02 Å². The van der Waals surface area contributed by atoms with Crippen molar-refractivity contribution in [1.29, 1.82) is 0 Å². The summed E-state index contributed by atoms with van der Waals surface area (Å²) in [6.07, 6.45) is 1.20. The first-order chi connectivity index (χ1) is 18.3. The first-order valence-electron chi connectivity index (χ1n) is 12.7. The molecule has 0 spiro atoms. The van der Waals surface area contributed by atoms with Gasteiger partial charge in [0, 0.05) is 31.0 Å². The highest BCUT2D eigenvalue weighted by molar-refractivity contribution is 7.92. The van der Waals surface area contributed by atoms with Gasteiger partial charge in [0.1, 0.15) is 0 Å². The van der Waals surface area contributed by atoms with E-state index < -0.39 is 38.2 Å². The predicted molar refractivity (Wildman–Crippen MR) is 141 cm³/mol. The number of carbonyl (C=O) groups is 2.